The second-order valence-electron chi connectivity index (χ2n) is 5.61. The normalized spacial score (nSPS) is 21.0. The average molecular weight is 300 g/mol. The molecule has 3 N–H and O–H groups in total. The van der Waals surface area contributed by atoms with Crippen LogP contribution in [-0.4, -0.2) is 46.5 Å². The number of benzene rings is 1. The maximum Gasteiger partial charge on any atom is 0.271 e. The third kappa shape index (κ3) is 3.03. The molecule has 2 aromatic rings. The molecule has 0 saturated carbocycles. The molecule has 116 valence electrons. The molecule has 0 spiro atoms. The van der Waals surface area contributed by atoms with Crippen molar-refractivity contribution in [1.82, 2.24) is 20.4 Å². The van der Waals surface area contributed by atoms with Crippen molar-refractivity contribution in [2.75, 3.05) is 19.6 Å². The monoisotopic (exact) mass is 300 g/mol. The molecule has 1 aliphatic rings. The number of carbonyl (C=O) groups is 1. The van der Waals surface area contributed by atoms with Crippen molar-refractivity contribution < 1.29 is 9.90 Å². The lowest BCUT2D eigenvalue weighted by molar-refractivity contribution is 0.0921. The minimum Gasteiger partial charge on any atom is -0.391 e. The highest BCUT2D eigenvalue weighted by Gasteiger charge is 2.25. The molecule has 1 saturated heterocycles. The van der Waals surface area contributed by atoms with Gasteiger partial charge < -0.3 is 15.7 Å². The second kappa shape index (κ2) is 6.29. The van der Waals surface area contributed by atoms with Crippen molar-refractivity contribution in [2.24, 2.45) is 5.92 Å². The van der Waals surface area contributed by atoms with Gasteiger partial charge in [-0.2, -0.15) is 5.10 Å². The molecular weight excluding hydrogens is 280 g/mol. The third-order valence-electron chi connectivity index (χ3n) is 3.95. The molecule has 0 aliphatic carbocycles. The van der Waals surface area contributed by atoms with E-state index in [2.05, 4.69) is 15.7 Å². The van der Waals surface area contributed by atoms with Crippen LogP contribution in [0.4, 0.5) is 0 Å². The number of aryl methyl sites for hydroxylation is 1. The van der Waals surface area contributed by atoms with Gasteiger partial charge in [-0.1, -0.05) is 18.2 Å². The second-order valence-corrected chi connectivity index (χ2v) is 5.61. The van der Waals surface area contributed by atoms with Crippen molar-refractivity contribution in [2.45, 2.75) is 13.0 Å². The minimum absolute atomic E-state index is 0.0567. The third-order valence-corrected chi connectivity index (χ3v) is 3.95. The standard InChI is InChI=1S/C16H20N4O2/c1-11-7-14(19-20(11)13-5-3-2-4-6-13)16(22)18-9-12-8-17-10-15(12)21/h2-7,12,15,17,21H,8-10H2,1H3,(H,18,22). The Labute approximate surface area is 129 Å². The maximum absolute atomic E-state index is 12.2. The molecule has 0 radical (unpaired) electrons. The number of β-amino-alcohol motifs (C(OH)–C–C–N with tert-alkyl or cyclic N) is 1. The van der Waals surface area contributed by atoms with Crippen LogP contribution in [0.1, 0.15) is 16.2 Å². The Balaban J connectivity index is 1.68. The maximum atomic E-state index is 12.2. The summed E-state index contributed by atoms with van der Waals surface area (Å²) >= 11 is 0. The van der Waals surface area contributed by atoms with Crippen molar-refractivity contribution in [1.29, 1.82) is 0 Å². The van der Waals surface area contributed by atoms with E-state index >= 15 is 0 Å². The molecule has 3 rings (SSSR count). The first-order chi connectivity index (χ1) is 10.6. The van der Waals surface area contributed by atoms with Gasteiger partial charge in [-0.15, -0.1) is 0 Å². The highest BCUT2D eigenvalue weighted by atomic mass is 16.3. The largest absolute Gasteiger partial charge is 0.391 e. The number of para-hydroxylation sites is 1. The van der Waals surface area contributed by atoms with Gasteiger partial charge in [0, 0.05) is 31.2 Å². The molecule has 6 nitrogen and oxygen atoms in total. The van der Waals surface area contributed by atoms with Crippen molar-refractivity contribution in [3.8, 4) is 5.69 Å². The van der Waals surface area contributed by atoms with Crippen LogP contribution in [0.25, 0.3) is 5.69 Å². The van der Waals surface area contributed by atoms with Crippen LogP contribution in [0.3, 0.4) is 0 Å². The van der Waals surface area contributed by atoms with Gasteiger partial charge in [-0.25, -0.2) is 4.68 Å². The number of aromatic nitrogens is 2. The SMILES string of the molecule is Cc1cc(C(=O)NCC2CNCC2O)nn1-c1ccccc1. The molecule has 22 heavy (non-hydrogen) atoms. The number of aliphatic hydroxyl groups is 1. The van der Waals surface area contributed by atoms with Crippen LogP contribution in [0, 0.1) is 12.8 Å². The zero-order chi connectivity index (χ0) is 15.5. The number of aliphatic hydroxyl groups excluding tert-OH is 1. The Bertz CT molecular complexity index is 653. The Morgan fingerprint density at radius 1 is 1.41 bits per heavy atom. The first-order valence-corrected chi connectivity index (χ1v) is 7.44. The summed E-state index contributed by atoms with van der Waals surface area (Å²) in [4.78, 5) is 12.2. The van der Waals surface area contributed by atoms with Gasteiger partial charge in [0.1, 0.15) is 0 Å². The average Bonchev–Trinajstić information content (AvgIpc) is 3.12. The zero-order valence-electron chi connectivity index (χ0n) is 12.5. The van der Waals surface area contributed by atoms with Gasteiger partial charge in [-0.05, 0) is 25.1 Å². The smallest absolute Gasteiger partial charge is 0.271 e. The van der Waals surface area contributed by atoms with E-state index in [1.165, 1.54) is 0 Å². The van der Waals surface area contributed by atoms with Crippen molar-refractivity contribution >= 4 is 5.91 Å². The molecule has 2 unspecified atom stereocenters. The van der Waals surface area contributed by atoms with Crippen LogP contribution < -0.4 is 10.6 Å². The van der Waals surface area contributed by atoms with Gasteiger partial charge >= 0.3 is 0 Å². The number of amides is 1. The Hall–Kier alpha value is -2.18. The fourth-order valence-electron chi connectivity index (χ4n) is 2.66. The Morgan fingerprint density at radius 3 is 2.86 bits per heavy atom. The number of hydrogen-bond donors (Lipinski definition) is 3. The topological polar surface area (TPSA) is 79.2 Å². The lowest BCUT2D eigenvalue weighted by Crippen LogP contribution is -2.34. The van der Waals surface area contributed by atoms with Crippen molar-refractivity contribution in [3.05, 3.63) is 47.8 Å². The fraction of sp³-hybridized carbons (Fsp3) is 0.375. The highest BCUT2D eigenvalue weighted by Crippen LogP contribution is 2.12. The van der Waals surface area contributed by atoms with E-state index in [1.54, 1.807) is 10.7 Å². The summed E-state index contributed by atoms with van der Waals surface area (Å²) in [6.07, 6.45) is -0.399. The molecule has 1 aromatic heterocycles. The van der Waals surface area contributed by atoms with Gasteiger partial charge in [0.15, 0.2) is 5.69 Å². The van der Waals surface area contributed by atoms with E-state index in [-0.39, 0.29) is 11.8 Å². The zero-order valence-corrected chi connectivity index (χ0v) is 12.5. The lowest BCUT2D eigenvalue weighted by atomic mass is 10.1. The highest BCUT2D eigenvalue weighted by molar-refractivity contribution is 5.92. The van der Waals surface area contributed by atoms with Crippen LogP contribution in [0.5, 0.6) is 0 Å². The first kappa shape index (κ1) is 14.7. The van der Waals surface area contributed by atoms with E-state index in [0.717, 1.165) is 17.9 Å². The Morgan fingerprint density at radius 2 is 2.18 bits per heavy atom. The van der Waals surface area contributed by atoms with Crippen LogP contribution in [0.2, 0.25) is 0 Å². The number of nitrogens with zero attached hydrogens (tertiary/aromatic N) is 2. The van der Waals surface area contributed by atoms with E-state index in [9.17, 15) is 9.90 Å². The van der Waals surface area contributed by atoms with E-state index in [4.69, 9.17) is 0 Å². The molecule has 1 amide bonds. The summed E-state index contributed by atoms with van der Waals surface area (Å²) in [6.45, 7) is 3.67. The molecule has 1 aliphatic heterocycles. The summed E-state index contributed by atoms with van der Waals surface area (Å²) in [5.41, 5.74) is 2.22. The molecule has 2 atom stereocenters. The van der Waals surface area contributed by atoms with Crippen LogP contribution >= 0.6 is 0 Å². The lowest BCUT2D eigenvalue weighted by Gasteiger charge is -2.13. The predicted molar refractivity (Wildman–Crippen MR) is 83.0 cm³/mol. The Kier molecular flexibility index (Phi) is 4.22. The summed E-state index contributed by atoms with van der Waals surface area (Å²) < 4.78 is 1.75. The summed E-state index contributed by atoms with van der Waals surface area (Å²) in [5.74, 6) is -0.155. The predicted octanol–water partition coefficient (Wildman–Crippen LogP) is 0.491. The number of carbonyl (C=O) groups excluding carboxylic acids is 1. The fourth-order valence-corrected chi connectivity index (χ4v) is 2.66. The van der Waals surface area contributed by atoms with Gasteiger partial charge in [-0.3, -0.25) is 4.79 Å². The molecular formula is C16H20N4O2. The minimum atomic E-state index is -0.399. The van der Waals surface area contributed by atoms with E-state index < -0.39 is 6.10 Å². The summed E-state index contributed by atoms with van der Waals surface area (Å²) in [5, 5.41) is 20.1. The molecule has 6 heteroatoms. The molecule has 1 aromatic carbocycles. The number of hydrogen-bond acceptors (Lipinski definition) is 4. The quantitative estimate of drug-likeness (QED) is 0.768. The number of rotatable bonds is 4. The van der Waals surface area contributed by atoms with Crippen LogP contribution in [-0.2, 0) is 0 Å². The van der Waals surface area contributed by atoms with E-state index in [0.29, 0.717) is 18.8 Å². The van der Waals surface area contributed by atoms with E-state index in [1.807, 2.05) is 37.3 Å². The molecule has 1 fully saturated rings. The van der Waals surface area contributed by atoms with Gasteiger partial charge in [0.2, 0.25) is 0 Å². The number of nitrogens with one attached hydrogen (secondary N) is 2. The van der Waals surface area contributed by atoms with Crippen molar-refractivity contribution in [3.63, 3.8) is 0 Å². The van der Waals surface area contributed by atoms with Gasteiger partial charge in [0.25, 0.3) is 5.91 Å². The molecule has 0 bridgehead atoms. The summed E-state index contributed by atoms with van der Waals surface area (Å²) in [6, 6.07) is 11.5. The first-order valence-electron chi connectivity index (χ1n) is 7.44. The van der Waals surface area contributed by atoms with Crippen LogP contribution in [0.15, 0.2) is 36.4 Å². The molecule has 2 heterocycles. The summed E-state index contributed by atoms with van der Waals surface area (Å²) in [7, 11) is 0. The van der Waals surface area contributed by atoms with Gasteiger partial charge in [0.05, 0.1) is 11.8 Å².